The molecule has 94 valence electrons. The number of urea groups is 1. The largest absolute Gasteiger partial charge is 0.338 e. The Kier molecular flexibility index (Phi) is 4.19. The molecule has 1 saturated carbocycles. The summed E-state index contributed by atoms with van der Waals surface area (Å²) in [6.07, 6.45) is 4.26. The van der Waals surface area contributed by atoms with Crippen LogP contribution in [0.1, 0.15) is 46.5 Å². The summed E-state index contributed by atoms with van der Waals surface area (Å²) in [7, 11) is 0. The molecule has 0 aromatic carbocycles. The van der Waals surface area contributed by atoms with Crippen molar-refractivity contribution in [3.05, 3.63) is 0 Å². The molecule has 0 atom stereocenters. The first-order chi connectivity index (χ1) is 7.37. The van der Waals surface area contributed by atoms with Crippen molar-refractivity contribution in [3.63, 3.8) is 0 Å². The predicted molar refractivity (Wildman–Crippen MR) is 66.2 cm³/mol. The summed E-state index contributed by atoms with van der Waals surface area (Å²) in [6, 6.07) is -0.114. The topological polar surface area (TPSA) is 67.2 Å². The minimum atomic E-state index is -0.208. The Bertz CT molecular complexity index is 241. The zero-order valence-electron chi connectivity index (χ0n) is 10.7. The van der Waals surface area contributed by atoms with E-state index in [1.165, 1.54) is 0 Å². The van der Waals surface area contributed by atoms with Crippen molar-refractivity contribution in [2.75, 3.05) is 13.1 Å². The molecule has 16 heavy (non-hydrogen) atoms. The number of carbonyl (C=O) groups excluding carboxylic acids is 1. The molecule has 0 aromatic rings. The minimum absolute atomic E-state index is 0.114. The maximum absolute atomic E-state index is 11.3. The molecule has 4 nitrogen and oxygen atoms in total. The fourth-order valence-corrected chi connectivity index (χ4v) is 2.08. The van der Waals surface area contributed by atoms with Gasteiger partial charge in [-0.25, -0.2) is 4.79 Å². The first-order valence-electron chi connectivity index (χ1n) is 6.17. The number of rotatable bonds is 3. The summed E-state index contributed by atoms with van der Waals surface area (Å²) in [5, 5.41) is 5.56. The van der Waals surface area contributed by atoms with E-state index in [0.29, 0.717) is 18.5 Å². The van der Waals surface area contributed by atoms with E-state index in [9.17, 15) is 4.79 Å². The van der Waals surface area contributed by atoms with Gasteiger partial charge in [0.2, 0.25) is 0 Å². The molecule has 1 aliphatic rings. The van der Waals surface area contributed by atoms with Crippen molar-refractivity contribution in [2.24, 2.45) is 11.1 Å². The smallest absolute Gasteiger partial charge is 0.314 e. The third-order valence-electron chi connectivity index (χ3n) is 3.54. The molecule has 2 amide bonds. The van der Waals surface area contributed by atoms with Gasteiger partial charge in [0.05, 0.1) is 0 Å². The molecule has 0 aliphatic heterocycles. The number of nitrogens with one attached hydrogen (secondary N) is 2. The fourth-order valence-electron chi connectivity index (χ4n) is 2.08. The Morgan fingerprint density at radius 1 is 1.19 bits per heavy atom. The predicted octanol–water partition coefficient (Wildman–Crippen LogP) is 1.60. The molecule has 1 fully saturated rings. The minimum Gasteiger partial charge on any atom is -0.338 e. The first-order valence-corrected chi connectivity index (χ1v) is 6.17. The van der Waals surface area contributed by atoms with Crippen LogP contribution in [0.3, 0.4) is 0 Å². The zero-order valence-corrected chi connectivity index (χ0v) is 10.7. The molecule has 0 heterocycles. The number of nitrogens with two attached hydrogens (primary N) is 1. The van der Waals surface area contributed by atoms with Crippen LogP contribution in [-0.2, 0) is 0 Å². The second-order valence-corrected chi connectivity index (χ2v) is 5.74. The van der Waals surface area contributed by atoms with Gasteiger partial charge in [0.1, 0.15) is 0 Å². The van der Waals surface area contributed by atoms with Gasteiger partial charge in [0, 0.05) is 18.6 Å². The second-order valence-electron chi connectivity index (χ2n) is 5.74. The Labute approximate surface area is 98.3 Å². The molecule has 0 unspecified atom stereocenters. The molecule has 0 saturated heterocycles. The molecule has 0 radical (unpaired) electrons. The lowest BCUT2D eigenvalue weighted by Gasteiger charge is -2.41. The van der Waals surface area contributed by atoms with Gasteiger partial charge in [-0.05, 0) is 38.0 Å². The van der Waals surface area contributed by atoms with Gasteiger partial charge in [-0.2, -0.15) is 0 Å². The second kappa shape index (κ2) is 5.04. The lowest BCUT2D eigenvalue weighted by atomic mass is 9.70. The maximum atomic E-state index is 11.3. The Morgan fingerprint density at radius 3 is 2.25 bits per heavy atom. The van der Waals surface area contributed by atoms with Crippen molar-refractivity contribution in [3.8, 4) is 0 Å². The molecule has 0 bridgehead atoms. The van der Waals surface area contributed by atoms with Crippen LogP contribution in [0.25, 0.3) is 0 Å². The van der Waals surface area contributed by atoms with Crippen LogP contribution >= 0.6 is 0 Å². The quantitative estimate of drug-likeness (QED) is 0.685. The van der Waals surface area contributed by atoms with E-state index in [0.717, 1.165) is 25.7 Å². The van der Waals surface area contributed by atoms with Crippen LogP contribution < -0.4 is 16.4 Å². The van der Waals surface area contributed by atoms with Gasteiger partial charge in [-0.3, -0.25) is 0 Å². The number of carbonyl (C=O) groups is 1. The van der Waals surface area contributed by atoms with Crippen molar-refractivity contribution in [1.29, 1.82) is 0 Å². The van der Waals surface area contributed by atoms with Crippen LogP contribution in [0.2, 0.25) is 0 Å². The number of hydrogen-bond acceptors (Lipinski definition) is 2. The third kappa shape index (κ3) is 4.00. The first kappa shape index (κ1) is 13.3. The van der Waals surface area contributed by atoms with Crippen molar-refractivity contribution in [2.45, 2.75) is 52.0 Å². The van der Waals surface area contributed by atoms with Gasteiger partial charge in [0.25, 0.3) is 0 Å². The fraction of sp³-hybridized carbons (Fsp3) is 0.917. The lowest BCUT2D eigenvalue weighted by Crippen LogP contribution is -2.54. The van der Waals surface area contributed by atoms with E-state index >= 15 is 0 Å². The highest BCUT2D eigenvalue weighted by molar-refractivity contribution is 5.73. The van der Waals surface area contributed by atoms with Gasteiger partial charge < -0.3 is 16.4 Å². The van der Waals surface area contributed by atoms with E-state index in [-0.39, 0.29) is 11.6 Å². The normalized spacial score (nSPS) is 22.5. The lowest BCUT2D eigenvalue weighted by molar-refractivity contribution is 0.162. The summed E-state index contributed by atoms with van der Waals surface area (Å²) >= 11 is 0. The molecule has 4 heteroatoms. The van der Waals surface area contributed by atoms with Crippen molar-refractivity contribution < 1.29 is 4.79 Å². The highest BCUT2D eigenvalue weighted by atomic mass is 16.2. The third-order valence-corrected chi connectivity index (χ3v) is 3.54. The molecule has 1 aliphatic carbocycles. The van der Waals surface area contributed by atoms with Crippen LogP contribution in [0.15, 0.2) is 0 Å². The van der Waals surface area contributed by atoms with E-state index in [1.54, 1.807) is 0 Å². The molecular weight excluding hydrogens is 202 g/mol. The molecule has 1 rings (SSSR count). The summed E-state index contributed by atoms with van der Waals surface area (Å²) in [6.45, 7) is 7.69. The van der Waals surface area contributed by atoms with E-state index < -0.39 is 0 Å². The summed E-state index contributed by atoms with van der Waals surface area (Å²) in [4.78, 5) is 11.3. The molecule has 4 N–H and O–H groups in total. The highest BCUT2D eigenvalue weighted by Crippen LogP contribution is 2.38. The Morgan fingerprint density at radius 2 is 1.75 bits per heavy atom. The van der Waals surface area contributed by atoms with Gasteiger partial charge >= 0.3 is 6.03 Å². The number of hydrogen-bond donors (Lipinski definition) is 3. The molecule has 0 spiro atoms. The van der Waals surface area contributed by atoms with Crippen LogP contribution in [0.5, 0.6) is 0 Å². The van der Waals surface area contributed by atoms with Crippen LogP contribution in [0, 0.1) is 5.41 Å². The summed E-state index contributed by atoms with van der Waals surface area (Å²) < 4.78 is 0. The average Bonchev–Trinajstić information content (AvgIpc) is 2.21. The number of amides is 2. The summed E-state index contributed by atoms with van der Waals surface area (Å²) in [5.41, 5.74) is 6.49. The van der Waals surface area contributed by atoms with Crippen LogP contribution in [0.4, 0.5) is 4.79 Å². The van der Waals surface area contributed by atoms with Crippen molar-refractivity contribution in [1.82, 2.24) is 10.6 Å². The highest BCUT2D eigenvalue weighted by Gasteiger charge is 2.35. The van der Waals surface area contributed by atoms with Gasteiger partial charge in [-0.1, -0.05) is 13.8 Å². The Balaban J connectivity index is 2.34. The van der Waals surface area contributed by atoms with Gasteiger partial charge in [-0.15, -0.1) is 0 Å². The summed E-state index contributed by atoms with van der Waals surface area (Å²) in [5.74, 6) is 0. The average molecular weight is 227 g/mol. The van der Waals surface area contributed by atoms with Crippen molar-refractivity contribution >= 4 is 6.03 Å². The molecular formula is C12H25N3O. The maximum Gasteiger partial charge on any atom is 0.314 e. The monoisotopic (exact) mass is 227 g/mol. The van der Waals surface area contributed by atoms with E-state index in [4.69, 9.17) is 5.73 Å². The van der Waals surface area contributed by atoms with Gasteiger partial charge in [0.15, 0.2) is 0 Å². The van der Waals surface area contributed by atoms with Crippen LogP contribution in [-0.4, -0.2) is 24.7 Å². The zero-order chi connectivity index (χ0) is 12.2. The molecule has 0 aromatic heterocycles. The SMILES string of the molecule is CCNC(=O)NCC1(N)CCC(C)(C)CC1. The standard InChI is InChI=1S/C12H25N3O/c1-4-14-10(16)15-9-12(13)7-5-11(2,3)6-8-12/h4-9,13H2,1-3H3,(H2,14,15,16). The van der Waals surface area contributed by atoms with E-state index in [1.807, 2.05) is 6.92 Å². The van der Waals surface area contributed by atoms with E-state index in [2.05, 4.69) is 24.5 Å². The Hall–Kier alpha value is -0.770.